The Kier molecular flexibility index (Phi) is 3.69. The summed E-state index contributed by atoms with van der Waals surface area (Å²) in [6.07, 6.45) is 3.15. The molecule has 2 N–H and O–H groups in total. The lowest BCUT2D eigenvalue weighted by molar-refractivity contribution is -0.133. The van der Waals surface area contributed by atoms with Crippen LogP contribution in [-0.4, -0.2) is 29.9 Å². The molecule has 0 saturated carbocycles. The number of nitrogens with zero attached hydrogens (tertiary/aromatic N) is 1. The van der Waals surface area contributed by atoms with Crippen molar-refractivity contribution >= 4 is 5.91 Å². The average Bonchev–Trinajstić information content (AvgIpc) is 2.15. The van der Waals surface area contributed by atoms with Gasteiger partial charge in [-0.25, -0.2) is 0 Å². The number of amides is 1. The van der Waals surface area contributed by atoms with E-state index in [-0.39, 0.29) is 17.9 Å². The lowest BCUT2D eigenvalue weighted by Crippen LogP contribution is -2.48. The lowest BCUT2D eigenvalue weighted by atomic mass is 10.0. The standard InChI is InChI=1S/C11H20N2O/c1-8(2)10(12)11(14)13-6-4-5-9(3)7-13/h5,8,10H,4,6-7,12H2,1-3H3/t10-/m0/s1. The van der Waals surface area contributed by atoms with Crippen LogP contribution in [0.25, 0.3) is 0 Å². The van der Waals surface area contributed by atoms with Gasteiger partial charge in [0.1, 0.15) is 0 Å². The second-order valence-electron chi connectivity index (χ2n) is 4.37. The highest BCUT2D eigenvalue weighted by molar-refractivity contribution is 5.82. The molecular formula is C11H20N2O. The monoisotopic (exact) mass is 196 g/mol. The minimum Gasteiger partial charge on any atom is -0.337 e. The predicted octanol–water partition coefficient (Wildman–Crippen LogP) is 1.15. The molecule has 1 aliphatic rings. The van der Waals surface area contributed by atoms with Crippen LogP contribution in [-0.2, 0) is 4.79 Å². The van der Waals surface area contributed by atoms with Crippen LogP contribution in [0.3, 0.4) is 0 Å². The second-order valence-corrected chi connectivity index (χ2v) is 4.37. The molecule has 80 valence electrons. The van der Waals surface area contributed by atoms with Gasteiger partial charge in [0.05, 0.1) is 6.04 Å². The van der Waals surface area contributed by atoms with Crippen molar-refractivity contribution in [1.82, 2.24) is 4.90 Å². The highest BCUT2D eigenvalue weighted by Gasteiger charge is 2.24. The van der Waals surface area contributed by atoms with Crippen molar-refractivity contribution in [3.05, 3.63) is 11.6 Å². The van der Waals surface area contributed by atoms with Gasteiger partial charge in [0.25, 0.3) is 0 Å². The number of hydrogen-bond acceptors (Lipinski definition) is 2. The van der Waals surface area contributed by atoms with Crippen molar-refractivity contribution in [2.45, 2.75) is 33.2 Å². The summed E-state index contributed by atoms with van der Waals surface area (Å²) in [5.74, 6) is 0.307. The van der Waals surface area contributed by atoms with Crippen LogP contribution in [0.5, 0.6) is 0 Å². The second kappa shape index (κ2) is 4.60. The lowest BCUT2D eigenvalue weighted by Gasteiger charge is -2.29. The smallest absolute Gasteiger partial charge is 0.240 e. The van der Waals surface area contributed by atoms with E-state index in [4.69, 9.17) is 5.73 Å². The molecule has 0 bridgehead atoms. The van der Waals surface area contributed by atoms with Gasteiger partial charge in [-0.05, 0) is 19.3 Å². The van der Waals surface area contributed by atoms with Crippen LogP contribution in [0.1, 0.15) is 27.2 Å². The molecule has 0 aromatic rings. The van der Waals surface area contributed by atoms with Gasteiger partial charge in [-0.1, -0.05) is 25.5 Å². The van der Waals surface area contributed by atoms with Gasteiger partial charge >= 0.3 is 0 Å². The van der Waals surface area contributed by atoms with E-state index in [1.54, 1.807) is 0 Å². The molecule has 0 unspecified atom stereocenters. The first-order chi connectivity index (χ1) is 6.52. The third-order valence-corrected chi connectivity index (χ3v) is 2.65. The Hall–Kier alpha value is -0.830. The molecule has 1 atom stereocenters. The van der Waals surface area contributed by atoms with E-state index < -0.39 is 0 Å². The van der Waals surface area contributed by atoms with Crippen LogP contribution in [0.15, 0.2) is 11.6 Å². The van der Waals surface area contributed by atoms with Gasteiger partial charge in [-0.2, -0.15) is 0 Å². The molecule has 0 saturated heterocycles. The zero-order valence-electron chi connectivity index (χ0n) is 9.29. The van der Waals surface area contributed by atoms with E-state index in [0.717, 1.165) is 19.5 Å². The molecule has 3 heteroatoms. The maximum Gasteiger partial charge on any atom is 0.240 e. The molecule has 1 amide bonds. The molecule has 1 aliphatic heterocycles. The van der Waals surface area contributed by atoms with Gasteiger partial charge in [0, 0.05) is 13.1 Å². The topological polar surface area (TPSA) is 46.3 Å². The predicted molar refractivity (Wildman–Crippen MR) is 57.8 cm³/mol. The fourth-order valence-corrected chi connectivity index (χ4v) is 1.60. The van der Waals surface area contributed by atoms with Gasteiger partial charge in [-0.3, -0.25) is 4.79 Å². The fraction of sp³-hybridized carbons (Fsp3) is 0.727. The molecule has 0 spiro atoms. The van der Waals surface area contributed by atoms with Crippen LogP contribution >= 0.6 is 0 Å². The van der Waals surface area contributed by atoms with E-state index in [9.17, 15) is 4.79 Å². The quantitative estimate of drug-likeness (QED) is 0.673. The molecule has 0 aromatic carbocycles. The van der Waals surface area contributed by atoms with Crippen LogP contribution < -0.4 is 5.73 Å². The SMILES string of the molecule is CC1=CCCN(C(=O)[C@@H](N)C(C)C)C1. The normalized spacial score (nSPS) is 19.5. The first-order valence-corrected chi connectivity index (χ1v) is 5.22. The number of rotatable bonds is 2. The van der Waals surface area contributed by atoms with E-state index >= 15 is 0 Å². The third-order valence-electron chi connectivity index (χ3n) is 2.65. The highest BCUT2D eigenvalue weighted by Crippen LogP contribution is 2.11. The molecule has 1 heterocycles. The van der Waals surface area contributed by atoms with Crippen molar-refractivity contribution in [2.75, 3.05) is 13.1 Å². The molecule has 0 radical (unpaired) electrons. The van der Waals surface area contributed by atoms with Gasteiger partial charge in [-0.15, -0.1) is 0 Å². The zero-order chi connectivity index (χ0) is 10.7. The molecule has 0 aliphatic carbocycles. The molecule has 0 aromatic heterocycles. The van der Waals surface area contributed by atoms with Crippen molar-refractivity contribution in [1.29, 1.82) is 0 Å². The summed E-state index contributed by atoms with van der Waals surface area (Å²) in [6.45, 7) is 7.58. The number of carbonyl (C=O) groups excluding carboxylic acids is 1. The van der Waals surface area contributed by atoms with Crippen molar-refractivity contribution in [3.63, 3.8) is 0 Å². The third kappa shape index (κ3) is 2.58. The van der Waals surface area contributed by atoms with Crippen LogP contribution in [0.2, 0.25) is 0 Å². The van der Waals surface area contributed by atoms with Crippen LogP contribution in [0.4, 0.5) is 0 Å². The molecular weight excluding hydrogens is 176 g/mol. The molecule has 0 fully saturated rings. The van der Waals surface area contributed by atoms with Gasteiger partial charge in [0.2, 0.25) is 5.91 Å². The van der Waals surface area contributed by atoms with Crippen LogP contribution in [0, 0.1) is 5.92 Å². The van der Waals surface area contributed by atoms with Gasteiger partial charge in [0.15, 0.2) is 0 Å². The molecule has 3 nitrogen and oxygen atoms in total. The van der Waals surface area contributed by atoms with Crippen molar-refractivity contribution in [3.8, 4) is 0 Å². The number of carbonyl (C=O) groups is 1. The average molecular weight is 196 g/mol. The zero-order valence-corrected chi connectivity index (χ0v) is 9.29. The minimum atomic E-state index is -0.346. The maximum absolute atomic E-state index is 11.9. The Balaban J connectivity index is 2.57. The summed E-state index contributed by atoms with van der Waals surface area (Å²) >= 11 is 0. The summed E-state index contributed by atoms with van der Waals surface area (Å²) in [7, 11) is 0. The summed E-state index contributed by atoms with van der Waals surface area (Å²) in [6, 6.07) is -0.346. The Labute approximate surface area is 86.0 Å². The van der Waals surface area contributed by atoms with E-state index in [2.05, 4.69) is 13.0 Å². The molecule has 1 rings (SSSR count). The highest BCUT2D eigenvalue weighted by atomic mass is 16.2. The Bertz CT molecular complexity index is 246. The first-order valence-electron chi connectivity index (χ1n) is 5.22. The Morgan fingerprint density at radius 1 is 1.57 bits per heavy atom. The maximum atomic E-state index is 11.9. The fourth-order valence-electron chi connectivity index (χ4n) is 1.60. The van der Waals surface area contributed by atoms with Crippen molar-refractivity contribution < 1.29 is 4.79 Å². The summed E-state index contributed by atoms with van der Waals surface area (Å²) in [4.78, 5) is 13.7. The van der Waals surface area contributed by atoms with E-state index in [1.807, 2.05) is 18.7 Å². The molecule has 14 heavy (non-hydrogen) atoms. The minimum absolute atomic E-state index is 0.0902. The Morgan fingerprint density at radius 3 is 2.71 bits per heavy atom. The van der Waals surface area contributed by atoms with E-state index in [1.165, 1.54) is 5.57 Å². The number of hydrogen-bond donors (Lipinski definition) is 1. The van der Waals surface area contributed by atoms with Crippen molar-refractivity contribution in [2.24, 2.45) is 11.7 Å². The summed E-state index contributed by atoms with van der Waals surface area (Å²) in [5, 5.41) is 0. The summed E-state index contributed by atoms with van der Waals surface area (Å²) < 4.78 is 0. The number of nitrogens with two attached hydrogens (primary N) is 1. The summed E-state index contributed by atoms with van der Waals surface area (Å²) in [5.41, 5.74) is 7.09. The Morgan fingerprint density at radius 2 is 2.21 bits per heavy atom. The van der Waals surface area contributed by atoms with Gasteiger partial charge < -0.3 is 10.6 Å². The van der Waals surface area contributed by atoms with E-state index in [0.29, 0.717) is 0 Å². The largest absolute Gasteiger partial charge is 0.337 e. The first kappa shape index (κ1) is 11.2.